The molecule has 2 aliphatic rings. The van der Waals surface area contributed by atoms with Crippen LogP contribution in [0.5, 0.6) is 5.75 Å². The molecular formula is C14H19F2N3O2. The van der Waals surface area contributed by atoms with E-state index in [4.69, 9.17) is 10.5 Å². The first-order valence-corrected chi connectivity index (χ1v) is 7.04. The Morgan fingerprint density at radius 1 is 1.29 bits per heavy atom. The average molecular weight is 299 g/mol. The summed E-state index contributed by atoms with van der Waals surface area (Å²) >= 11 is 0. The number of fused-ring (bicyclic) bond motifs is 1. The van der Waals surface area contributed by atoms with Gasteiger partial charge in [-0.05, 0) is 12.1 Å². The summed E-state index contributed by atoms with van der Waals surface area (Å²) in [7, 11) is 0. The van der Waals surface area contributed by atoms with Gasteiger partial charge in [0.05, 0.1) is 24.9 Å². The van der Waals surface area contributed by atoms with Gasteiger partial charge in [0.2, 0.25) is 0 Å². The molecule has 1 atom stereocenters. The summed E-state index contributed by atoms with van der Waals surface area (Å²) in [5.74, 6) is 0.0322. The van der Waals surface area contributed by atoms with Crippen molar-refractivity contribution in [3.05, 3.63) is 18.2 Å². The number of nitrogen functional groups attached to an aromatic ring is 1. The Balaban J connectivity index is 1.74. The van der Waals surface area contributed by atoms with Gasteiger partial charge < -0.3 is 20.1 Å². The maximum Gasteiger partial charge on any atom is 0.387 e. The second-order valence-electron chi connectivity index (χ2n) is 5.31. The molecule has 2 saturated heterocycles. The van der Waals surface area contributed by atoms with Gasteiger partial charge in [-0.25, -0.2) is 0 Å². The molecule has 0 spiro atoms. The van der Waals surface area contributed by atoms with Gasteiger partial charge in [0, 0.05) is 37.9 Å². The number of morpholine rings is 1. The molecule has 0 bridgehead atoms. The molecule has 0 radical (unpaired) electrons. The molecular weight excluding hydrogens is 280 g/mol. The fraction of sp³-hybridized carbons (Fsp3) is 0.571. The van der Waals surface area contributed by atoms with Crippen LogP contribution in [0.1, 0.15) is 0 Å². The molecule has 0 aromatic heterocycles. The number of nitrogens with zero attached hydrogens (tertiary/aromatic N) is 2. The highest BCUT2D eigenvalue weighted by Crippen LogP contribution is 2.30. The third kappa shape index (κ3) is 3.19. The SMILES string of the molecule is Nc1ccc(N2CCN3CCOC[C@H]3C2)cc1OC(F)F. The number of ether oxygens (including phenoxy) is 2. The molecule has 0 saturated carbocycles. The van der Waals surface area contributed by atoms with E-state index in [9.17, 15) is 8.78 Å². The predicted octanol–water partition coefficient (Wildman–Crippen LogP) is 1.39. The monoisotopic (exact) mass is 299 g/mol. The second-order valence-corrected chi connectivity index (χ2v) is 5.31. The Labute approximate surface area is 122 Å². The Morgan fingerprint density at radius 3 is 2.95 bits per heavy atom. The highest BCUT2D eigenvalue weighted by atomic mass is 19.3. The van der Waals surface area contributed by atoms with E-state index >= 15 is 0 Å². The van der Waals surface area contributed by atoms with Crippen LogP contribution < -0.4 is 15.4 Å². The minimum absolute atomic E-state index is 0.0322. The molecule has 2 fully saturated rings. The Morgan fingerprint density at radius 2 is 2.14 bits per heavy atom. The first-order chi connectivity index (χ1) is 10.1. The predicted molar refractivity (Wildman–Crippen MR) is 75.9 cm³/mol. The van der Waals surface area contributed by atoms with Gasteiger partial charge in [0.1, 0.15) is 0 Å². The zero-order chi connectivity index (χ0) is 14.8. The normalized spacial score (nSPS) is 23.2. The smallest absolute Gasteiger partial charge is 0.387 e. The van der Waals surface area contributed by atoms with Crippen LogP contribution in [0.15, 0.2) is 18.2 Å². The minimum Gasteiger partial charge on any atom is -0.433 e. The number of hydrogen-bond donors (Lipinski definition) is 1. The molecule has 7 heteroatoms. The fourth-order valence-electron chi connectivity index (χ4n) is 2.90. The summed E-state index contributed by atoms with van der Waals surface area (Å²) in [5, 5.41) is 0. The summed E-state index contributed by atoms with van der Waals surface area (Å²) < 4.78 is 34.7. The second kappa shape index (κ2) is 6.03. The van der Waals surface area contributed by atoms with E-state index in [1.54, 1.807) is 12.1 Å². The molecule has 2 aliphatic heterocycles. The summed E-state index contributed by atoms with van der Waals surface area (Å²) in [6, 6.07) is 5.38. The van der Waals surface area contributed by atoms with Crippen LogP contribution in [0.3, 0.4) is 0 Å². The molecule has 5 nitrogen and oxygen atoms in total. The van der Waals surface area contributed by atoms with E-state index in [-0.39, 0.29) is 11.4 Å². The van der Waals surface area contributed by atoms with Crippen molar-refractivity contribution in [3.63, 3.8) is 0 Å². The van der Waals surface area contributed by atoms with Crippen molar-refractivity contribution in [2.24, 2.45) is 0 Å². The van der Waals surface area contributed by atoms with Gasteiger partial charge in [-0.2, -0.15) is 8.78 Å². The van der Waals surface area contributed by atoms with Crippen molar-refractivity contribution < 1.29 is 18.3 Å². The number of piperazine rings is 1. The topological polar surface area (TPSA) is 51.0 Å². The standard InChI is InChI=1S/C14H19F2N3O2/c15-14(16)21-13-7-10(1-2-12(13)17)19-4-3-18-5-6-20-9-11(18)8-19/h1-2,7,11,14H,3-6,8-9,17H2/t11-/m1/s1. The molecule has 0 amide bonds. The van der Waals surface area contributed by atoms with Crippen molar-refractivity contribution in [2.75, 3.05) is 50.0 Å². The van der Waals surface area contributed by atoms with Crippen molar-refractivity contribution >= 4 is 11.4 Å². The van der Waals surface area contributed by atoms with Crippen molar-refractivity contribution in [2.45, 2.75) is 12.7 Å². The zero-order valence-corrected chi connectivity index (χ0v) is 11.7. The van der Waals surface area contributed by atoms with Crippen LogP contribution >= 0.6 is 0 Å². The summed E-state index contributed by atoms with van der Waals surface area (Å²) in [4.78, 5) is 4.57. The largest absolute Gasteiger partial charge is 0.433 e. The molecule has 21 heavy (non-hydrogen) atoms. The van der Waals surface area contributed by atoms with E-state index < -0.39 is 6.61 Å². The van der Waals surface area contributed by atoms with Crippen molar-refractivity contribution in [1.29, 1.82) is 0 Å². The van der Waals surface area contributed by atoms with E-state index in [2.05, 4.69) is 14.5 Å². The van der Waals surface area contributed by atoms with Crippen LogP contribution in [-0.4, -0.2) is 56.9 Å². The zero-order valence-electron chi connectivity index (χ0n) is 11.7. The van der Waals surface area contributed by atoms with Crippen LogP contribution in [0.2, 0.25) is 0 Å². The fourth-order valence-corrected chi connectivity index (χ4v) is 2.90. The third-order valence-corrected chi connectivity index (χ3v) is 4.02. The quantitative estimate of drug-likeness (QED) is 0.855. The number of benzene rings is 1. The molecule has 1 aromatic rings. The van der Waals surface area contributed by atoms with E-state index in [0.29, 0.717) is 12.6 Å². The number of alkyl halides is 2. The van der Waals surface area contributed by atoms with Gasteiger partial charge >= 0.3 is 6.61 Å². The van der Waals surface area contributed by atoms with Crippen LogP contribution in [0, 0.1) is 0 Å². The molecule has 0 unspecified atom stereocenters. The Hall–Kier alpha value is -1.60. The van der Waals surface area contributed by atoms with Crippen LogP contribution in [-0.2, 0) is 4.74 Å². The third-order valence-electron chi connectivity index (χ3n) is 4.02. The van der Waals surface area contributed by atoms with Crippen LogP contribution in [0.25, 0.3) is 0 Å². The Kier molecular flexibility index (Phi) is 4.12. The molecule has 2 N–H and O–H groups in total. The summed E-state index contributed by atoms with van der Waals surface area (Å²) in [5.41, 5.74) is 6.74. The first kappa shape index (κ1) is 14.3. The molecule has 0 aliphatic carbocycles. The number of hydrogen-bond acceptors (Lipinski definition) is 5. The number of anilines is 2. The van der Waals surface area contributed by atoms with E-state index in [0.717, 1.165) is 38.5 Å². The first-order valence-electron chi connectivity index (χ1n) is 7.04. The minimum atomic E-state index is -2.87. The molecule has 2 heterocycles. The van der Waals surface area contributed by atoms with E-state index in [1.165, 1.54) is 0 Å². The lowest BCUT2D eigenvalue weighted by atomic mass is 10.1. The summed E-state index contributed by atoms with van der Waals surface area (Å²) in [6.45, 7) is 2.21. The van der Waals surface area contributed by atoms with Gasteiger partial charge in [-0.15, -0.1) is 0 Å². The van der Waals surface area contributed by atoms with Gasteiger partial charge in [0.25, 0.3) is 0 Å². The highest BCUT2D eigenvalue weighted by molar-refractivity contribution is 5.62. The summed E-state index contributed by atoms with van der Waals surface area (Å²) in [6.07, 6.45) is 0. The highest BCUT2D eigenvalue weighted by Gasteiger charge is 2.29. The maximum atomic E-state index is 12.4. The number of rotatable bonds is 3. The van der Waals surface area contributed by atoms with E-state index in [1.807, 2.05) is 6.07 Å². The maximum absolute atomic E-state index is 12.4. The lowest BCUT2D eigenvalue weighted by molar-refractivity contribution is -0.0493. The van der Waals surface area contributed by atoms with Gasteiger partial charge in [-0.3, -0.25) is 4.90 Å². The molecule has 116 valence electrons. The Bertz CT molecular complexity index is 501. The molecule has 3 rings (SSSR count). The van der Waals surface area contributed by atoms with Crippen molar-refractivity contribution in [3.8, 4) is 5.75 Å². The van der Waals surface area contributed by atoms with Gasteiger partial charge in [-0.1, -0.05) is 0 Å². The lowest BCUT2D eigenvalue weighted by Gasteiger charge is -2.44. The van der Waals surface area contributed by atoms with Gasteiger partial charge in [0.15, 0.2) is 5.75 Å². The molecule has 1 aromatic carbocycles. The average Bonchev–Trinajstić information content (AvgIpc) is 2.48. The van der Waals surface area contributed by atoms with Crippen LogP contribution in [0.4, 0.5) is 20.2 Å². The number of nitrogens with two attached hydrogens (primary N) is 1. The lowest BCUT2D eigenvalue weighted by Crippen LogP contribution is -2.58. The number of halogens is 2. The van der Waals surface area contributed by atoms with Crippen molar-refractivity contribution in [1.82, 2.24) is 4.90 Å².